The summed E-state index contributed by atoms with van der Waals surface area (Å²) in [5.41, 5.74) is 4.46. The van der Waals surface area contributed by atoms with Crippen molar-refractivity contribution in [3.63, 3.8) is 0 Å². The minimum atomic E-state index is -0.143. The molecular weight excluding hydrogens is 496 g/mol. The summed E-state index contributed by atoms with van der Waals surface area (Å²) in [7, 11) is 0. The number of aromatic nitrogens is 2. The van der Waals surface area contributed by atoms with Crippen molar-refractivity contribution in [2.24, 2.45) is 35.0 Å². The average molecular weight is 537 g/mol. The molecule has 3 aromatic rings. The van der Waals surface area contributed by atoms with Gasteiger partial charge in [0.15, 0.2) is 0 Å². The number of rotatable bonds is 6. The Hall–Kier alpha value is -3.41. The molecular formula is C34H40N4O2. The van der Waals surface area contributed by atoms with Gasteiger partial charge in [-0.15, -0.1) is 0 Å². The zero-order valence-corrected chi connectivity index (χ0v) is 23.4. The van der Waals surface area contributed by atoms with Crippen LogP contribution in [0.5, 0.6) is 0 Å². The lowest BCUT2D eigenvalue weighted by molar-refractivity contribution is -0.140. The highest BCUT2D eigenvalue weighted by molar-refractivity contribution is 5.96. The second kappa shape index (κ2) is 10.2. The minimum absolute atomic E-state index is 0.128. The van der Waals surface area contributed by atoms with Gasteiger partial charge in [0.25, 0.3) is 0 Å². The second-order valence-corrected chi connectivity index (χ2v) is 13.4. The Morgan fingerprint density at radius 2 is 1.32 bits per heavy atom. The molecule has 40 heavy (non-hydrogen) atoms. The van der Waals surface area contributed by atoms with Gasteiger partial charge in [-0.05, 0) is 130 Å². The van der Waals surface area contributed by atoms with Crippen LogP contribution in [-0.4, -0.2) is 21.8 Å². The first-order chi connectivity index (χ1) is 19.4. The number of carbonyl (C=O) groups excluding carboxylic acids is 2. The number of hydrogen-bond acceptors (Lipinski definition) is 3. The van der Waals surface area contributed by atoms with E-state index in [0.717, 1.165) is 103 Å². The maximum atomic E-state index is 13.4. The number of carbonyl (C=O) groups is 2. The summed E-state index contributed by atoms with van der Waals surface area (Å²) in [5, 5.41) is 6.35. The molecule has 5 aliphatic rings. The SMILES string of the molecule is CC1CCC(C(=O)Nc2ccc(-c3cnc(-c4ccc(NC(=O)C56CC7CC(CC(C7)C5)C6)cc4)[nH]3)cc2)CC1. The van der Waals surface area contributed by atoms with Crippen molar-refractivity contribution in [2.45, 2.75) is 71.1 Å². The Labute approximate surface area is 236 Å². The van der Waals surface area contributed by atoms with Gasteiger partial charge < -0.3 is 15.6 Å². The topological polar surface area (TPSA) is 86.9 Å². The third-order valence-corrected chi connectivity index (χ3v) is 10.4. The number of anilines is 2. The van der Waals surface area contributed by atoms with Crippen molar-refractivity contribution >= 4 is 23.2 Å². The van der Waals surface area contributed by atoms with Crippen molar-refractivity contribution in [1.29, 1.82) is 0 Å². The quantitative estimate of drug-likeness (QED) is 0.302. The molecule has 8 rings (SSSR count). The van der Waals surface area contributed by atoms with E-state index in [1.54, 1.807) is 0 Å². The monoisotopic (exact) mass is 536 g/mol. The van der Waals surface area contributed by atoms with Crippen LogP contribution in [0.2, 0.25) is 0 Å². The molecule has 0 radical (unpaired) electrons. The van der Waals surface area contributed by atoms with Crippen LogP contribution in [0.15, 0.2) is 54.7 Å². The zero-order valence-electron chi connectivity index (χ0n) is 23.4. The summed E-state index contributed by atoms with van der Waals surface area (Å²) in [5.74, 6) is 4.29. The Bertz CT molecular complexity index is 1350. The van der Waals surface area contributed by atoms with Crippen molar-refractivity contribution in [1.82, 2.24) is 9.97 Å². The van der Waals surface area contributed by atoms with Crippen LogP contribution >= 0.6 is 0 Å². The number of hydrogen-bond donors (Lipinski definition) is 3. The molecule has 3 N–H and O–H groups in total. The molecule has 0 unspecified atom stereocenters. The predicted octanol–water partition coefficient (Wildman–Crippen LogP) is 7.66. The number of nitrogens with one attached hydrogen (secondary N) is 3. The predicted molar refractivity (Wildman–Crippen MR) is 158 cm³/mol. The van der Waals surface area contributed by atoms with Crippen LogP contribution in [0.1, 0.15) is 71.1 Å². The van der Waals surface area contributed by atoms with Gasteiger partial charge in [0.1, 0.15) is 5.82 Å². The molecule has 0 aliphatic heterocycles. The standard InChI is InChI=1S/C34H40N4O2/c1-21-2-4-27(5-3-21)32(39)36-28-10-6-25(7-11-28)30-20-35-31(38-30)26-8-12-29(13-9-26)37-33(40)34-17-22-14-23(18-34)16-24(15-22)19-34/h6-13,20-24,27H,2-5,14-19H2,1H3,(H,35,38)(H,36,39)(H,37,40). The summed E-state index contributed by atoms with van der Waals surface area (Å²) < 4.78 is 0. The van der Waals surface area contributed by atoms with Crippen LogP contribution in [-0.2, 0) is 9.59 Å². The van der Waals surface area contributed by atoms with Crippen molar-refractivity contribution in [2.75, 3.05) is 10.6 Å². The van der Waals surface area contributed by atoms with Crippen LogP contribution in [0.3, 0.4) is 0 Å². The number of benzene rings is 2. The maximum absolute atomic E-state index is 13.4. The van der Waals surface area contributed by atoms with Gasteiger partial charge in [0, 0.05) is 22.9 Å². The van der Waals surface area contributed by atoms with Crippen LogP contribution < -0.4 is 10.6 Å². The van der Waals surface area contributed by atoms with E-state index in [0.29, 0.717) is 0 Å². The fourth-order valence-corrected chi connectivity index (χ4v) is 8.48. The molecule has 1 aromatic heterocycles. The largest absolute Gasteiger partial charge is 0.338 e. The fraction of sp³-hybridized carbons (Fsp3) is 0.500. The highest BCUT2D eigenvalue weighted by Crippen LogP contribution is 2.60. The van der Waals surface area contributed by atoms with Gasteiger partial charge in [0.05, 0.1) is 17.3 Å². The van der Waals surface area contributed by atoms with Crippen LogP contribution in [0.25, 0.3) is 22.6 Å². The fourth-order valence-electron chi connectivity index (χ4n) is 8.48. The van der Waals surface area contributed by atoms with Crippen molar-refractivity contribution in [3.8, 4) is 22.6 Å². The van der Waals surface area contributed by atoms with E-state index in [1.807, 2.05) is 54.7 Å². The minimum Gasteiger partial charge on any atom is -0.338 e. The Kier molecular flexibility index (Phi) is 6.52. The summed E-state index contributed by atoms with van der Waals surface area (Å²) in [4.78, 5) is 34.1. The van der Waals surface area contributed by atoms with Gasteiger partial charge in [-0.25, -0.2) is 4.98 Å². The summed E-state index contributed by atoms with van der Waals surface area (Å²) in [6, 6.07) is 15.9. The smallest absolute Gasteiger partial charge is 0.230 e. The lowest BCUT2D eigenvalue weighted by Crippen LogP contribution is -2.51. The number of nitrogens with zero attached hydrogens (tertiary/aromatic N) is 1. The molecule has 0 saturated heterocycles. The summed E-state index contributed by atoms with van der Waals surface area (Å²) in [6.45, 7) is 2.27. The van der Waals surface area contributed by atoms with Crippen molar-refractivity contribution < 1.29 is 9.59 Å². The van der Waals surface area contributed by atoms with E-state index in [1.165, 1.54) is 19.3 Å². The van der Waals surface area contributed by atoms with E-state index >= 15 is 0 Å². The van der Waals surface area contributed by atoms with E-state index < -0.39 is 0 Å². The van der Waals surface area contributed by atoms with E-state index in [9.17, 15) is 9.59 Å². The lowest BCUT2D eigenvalue weighted by atomic mass is 9.49. The number of aromatic amines is 1. The first-order valence-electron chi connectivity index (χ1n) is 15.3. The third-order valence-electron chi connectivity index (χ3n) is 10.4. The third kappa shape index (κ3) is 4.97. The number of imidazole rings is 1. The first kappa shape index (κ1) is 25.6. The zero-order chi connectivity index (χ0) is 27.3. The summed E-state index contributed by atoms with van der Waals surface area (Å²) >= 11 is 0. The Morgan fingerprint density at radius 3 is 1.93 bits per heavy atom. The highest BCUT2D eigenvalue weighted by atomic mass is 16.2. The molecule has 2 aromatic carbocycles. The van der Waals surface area contributed by atoms with Gasteiger partial charge >= 0.3 is 0 Å². The van der Waals surface area contributed by atoms with E-state index in [2.05, 4.69) is 27.5 Å². The molecule has 6 heteroatoms. The van der Waals surface area contributed by atoms with Crippen LogP contribution in [0.4, 0.5) is 11.4 Å². The Morgan fingerprint density at radius 1 is 0.775 bits per heavy atom. The van der Waals surface area contributed by atoms with Gasteiger partial charge in [-0.3, -0.25) is 9.59 Å². The molecule has 2 amide bonds. The van der Waals surface area contributed by atoms with Crippen LogP contribution in [0, 0.1) is 35.0 Å². The molecule has 5 saturated carbocycles. The molecule has 5 aliphatic carbocycles. The Balaban J connectivity index is 0.973. The van der Waals surface area contributed by atoms with E-state index in [4.69, 9.17) is 0 Å². The first-order valence-corrected chi connectivity index (χ1v) is 15.3. The van der Waals surface area contributed by atoms with E-state index in [-0.39, 0.29) is 23.1 Å². The number of H-pyrrole nitrogens is 1. The maximum Gasteiger partial charge on any atom is 0.230 e. The number of amides is 2. The molecule has 0 spiro atoms. The molecule has 5 fully saturated rings. The van der Waals surface area contributed by atoms with Gasteiger partial charge in [-0.1, -0.05) is 19.1 Å². The summed E-state index contributed by atoms with van der Waals surface area (Å²) in [6.07, 6.45) is 13.3. The van der Waals surface area contributed by atoms with Gasteiger partial charge in [-0.2, -0.15) is 0 Å². The molecule has 4 bridgehead atoms. The van der Waals surface area contributed by atoms with Crippen molar-refractivity contribution in [3.05, 3.63) is 54.7 Å². The lowest BCUT2D eigenvalue weighted by Gasteiger charge is -2.55. The molecule has 0 atom stereocenters. The van der Waals surface area contributed by atoms with Gasteiger partial charge in [0.2, 0.25) is 11.8 Å². The normalized spacial score (nSPS) is 30.7. The second-order valence-electron chi connectivity index (χ2n) is 13.4. The average Bonchev–Trinajstić information content (AvgIpc) is 3.44. The molecule has 208 valence electrons. The molecule has 6 nitrogen and oxygen atoms in total. The molecule has 1 heterocycles. The highest BCUT2D eigenvalue weighted by Gasteiger charge is 2.54.